The SMILES string of the molecule is Cc1ccccc1OC[C@H](C)NC(=O)CCc1c(Cl)cccc1Cl. The molecule has 0 saturated heterocycles. The molecule has 1 atom stereocenters. The summed E-state index contributed by atoms with van der Waals surface area (Å²) in [6, 6.07) is 13.1. The molecular weight excluding hydrogens is 345 g/mol. The summed E-state index contributed by atoms with van der Waals surface area (Å²) in [6.07, 6.45) is 0.841. The zero-order valence-electron chi connectivity index (χ0n) is 13.8. The van der Waals surface area contributed by atoms with Gasteiger partial charge >= 0.3 is 0 Å². The Kier molecular flexibility index (Phi) is 6.95. The smallest absolute Gasteiger partial charge is 0.220 e. The van der Waals surface area contributed by atoms with E-state index in [4.69, 9.17) is 27.9 Å². The Labute approximate surface area is 152 Å². The number of aryl methyl sites for hydroxylation is 1. The maximum atomic E-state index is 12.1. The lowest BCUT2D eigenvalue weighted by atomic mass is 10.1. The van der Waals surface area contributed by atoms with Crippen LogP contribution in [0.5, 0.6) is 5.75 Å². The first-order chi connectivity index (χ1) is 11.5. The van der Waals surface area contributed by atoms with E-state index in [1.54, 1.807) is 18.2 Å². The molecule has 24 heavy (non-hydrogen) atoms. The molecule has 3 nitrogen and oxygen atoms in total. The van der Waals surface area contributed by atoms with Crippen LogP contribution in [0.1, 0.15) is 24.5 Å². The first-order valence-electron chi connectivity index (χ1n) is 7.88. The molecule has 0 aliphatic heterocycles. The molecule has 5 heteroatoms. The van der Waals surface area contributed by atoms with Crippen molar-refractivity contribution >= 4 is 29.1 Å². The van der Waals surface area contributed by atoms with Crippen LogP contribution in [-0.2, 0) is 11.2 Å². The van der Waals surface area contributed by atoms with Crippen molar-refractivity contribution in [1.82, 2.24) is 5.32 Å². The lowest BCUT2D eigenvalue weighted by Crippen LogP contribution is -2.36. The Hall–Kier alpha value is -1.71. The second kappa shape index (κ2) is 8.95. The van der Waals surface area contributed by atoms with E-state index in [0.717, 1.165) is 16.9 Å². The van der Waals surface area contributed by atoms with E-state index < -0.39 is 0 Å². The molecule has 2 aromatic rings. The molecule has 0 aromatic heterocycles. The number of carbonyl (C=O) groups is 1. The van der Waals surface area contributed by atoms with E-state index in [0.29, 0.717) is 29.5 Å². The van der Waals surface area contributed by atoms with Gasteiger partial charge in [-0.2, -0.15) is 0 Å². The van der Waals surface area contributed by atoms with Crippen molar-refractivity contribution in [2.45, 2.75) is 32.7 Å². The van der Waals surface area contributed by atoms with Crippen LogP contribution in [0, 0.1) is 6.92 Å². The highest BCUT2D eigenvalue weighted by Gasteiger charge is 2.11. The fraction of sp³-hybridized carbons (Fsp3) is 0.316. The molecule has 0 heterocycles. The fourth-order valence-corrected chi connectivity index (χ4v) is 2.92. The van der Waals surface area contributed by atoms with Crippen molar-refractivity contribution in [2.24, 2.45) is 0 Å². The minimum Gasteiger partial charge on any atom is -0.491 e. The zero-order valence-corrected chi connectivity index (χ0v) is 15.3. The third-order valence-corrected chi connectivity index (χ3v) is 4.36. The topological polar surface area (TPSA) is 38.3 Å². The highest BCUT2D eigenvalue weighted by molar-refractivity contribution is 6.36. The van der Waals surface area contributed by atoms with Crippen molar-refractivity contribution in [1.29, 1.82) is 0 Å². The third-order valence-electron chi connectivity index (χ3n) is 3.65. The number of hydrogen-bond acceptors (Lipinski definition) is 2. The minimum atomic E-state index is -0.0844. The van der Waals surface area contributed by atoms with Crippen molar-refractivity contribution in [3.05, 3.63) is 63.6 Å². The molecule has 0 bridgehead atoms. The van der Waals surface area contributed by atoms with Crippen LogP contribution in [0.4, 0.5) is 0 Å². The number of amides is 1. The molecule has 1 amide bonds. The normalized spacial score (nSPS) is 11.8. The van der Waals surface area contributed by atoms with E-state index in [2.05, 4.69) is 5.32 Å². The van der Waals surface area contributed by atoms with E-state index in [-0.39, 0.29) is 11.9 Å². The molecular formula is C19H21Cl2NO2. The van der Waals surface area contributed by atoms with Gasteiger partial charge in [0.1, 0.15) is 12.4 Å². The van der Waals surface area contributed by atoms with Crippen molar-refractivity contribution < 1.29 is 9.53 Å². The van der Waals surface area contributed by atoms with E-state index in [1.807, 2.05) is 38.1 Å². The Bertz CT molecular complexity index is 683. The Balaban J connectivity index is 1.79. The van der Waals surface area contributed by atoms with E-state index >= 15 is 0 Å². The molecule has 0 aliphatic rings. The highest BCUT2D eigenvalue weighted by atomic mass is 35.5. The Morgan fingerprint density at radius 2 is 1.79 bits per heavy atom. The number of para-hydroxylation sites is 1. The Morgan fingerprint density at radius 3 is 2.46 bits per heavy atom. The minimum absolute atomic E-state index is 0.0492. The van der Waals surface area contributed by atoms with Gasteiger partial charge in [0.25, 0.3) is 0 Å². The van der Waals surface area contributed by atoms with E-state index in [9.17, 15) is 4.79 Å². The second-order valence-corrected chi connectivity index (χ2v) is 6.56. The molecule has 2 rings (SSSR count). The second-order valence-electron chi connectivity index (χ2n) is 5.75. The largest absolute Gasteiger partial charge is 0.491 e. The fourth-order valence-electron chi connectivity index (χ4n) is 2.33. The average Bonchev–Trinajstić information content (AvgIpc) is 2.53. The molecule has 0 aliphatic carbocycles. The van der Waals surface area contributed by atoms with Gasteiger partial charge in [0.2, 0.25) is 5.91 Å². The van der Waals surface area contributed by atoms with Gasteiger partial charge in [-0.05, 0) is 49.6 Å². The maximum absolute atomic E-state index is 12.1. The van der Waals surface area contributed by atoms with Crippen LogP contribution in [0.25, 0.3) is 0 Å². The molecule has 0 spiro atoms. The quantitative estimate of drug-likeness (QED) is 0.763. The molecule has 0 radical (unpaired) electrons. The van der Waals surface area contributed by atoms with Crippen LogP contribution in [-0.4, -0.2) is 18.6 Å². The van der Waals surface area contributed by atoms with Crippen LogP contribution in [0.3, 0.4) is 0 Å². The first-order valence-corrected chi connectivity index (χ1v) is 8.63. The number of ether oxygens (including phenoxy) is 1. The van der Waals surface area contributed by atoms with Gasteiger partial charge in [0.05, 0.1) is 6.04 Å². The summed E-state index contributed by atoms with van der Waals surface area (Å²) in [4.78, 5) is 12.1. The number of hydrogen-bond donors (Lipinski definition) is 1. The van der Waals surface area contributed by atoms with E-state index in [1.165, 1.54) is 0 Å². The highest BCUT2D eigenvalue weighted by Crippen LogP contribution is 2.25. The van der Waals surface area contributed by atoms with Gasteiger partial charge in [0, 0.05) is 16.5 Å². The van der Waals surface area contributed by atoms with Gasteiger partial charge in [-0.15, -0.1) is 0 Å². The lowest BCUT2D eigenvalue weighted by Gasteiger charge is -2.16. The third kappa shape index (κ3) is 5.43. The molecule has 0 unspecified atom stereocenters. The van der Waals surface area contributed by atoms with Gasteiger partial charge in [0.15, 0.2) is 0 Å². The van der Waals surface area contributed by atoms with Gasteiger partial charge in [-0.3, -0.25) is 4.79 Å². The van der Waals surface area contributed by atoms with Crippen LogP contribution >= 0.6 is 23.2 Å². The lowest BCUT2D eigenvalue weighted by molar-refractivity contribution is -0.121. The van der Waals surface area contributed by atoms with Gasteiger partial charge in [-0.1, -0.05) is 47.5 Å². The number of halogens is 2. The number of rotatable bonds is 7. The number of nitrogens with one attached hydrogen (secondary N) is 1. The summed E-state index contributed by atoms with van der Waals surface area (Å²) in [5.41, 5.74) is 1.88. The molecule has 2 aromatic carbocycles. The predicted octanol–water partition coefficient (Wildman–Crippen LogP) is 4.82. The summed E-state index contributed by atoms with van der Waals surface area (Å²) >= 11 is 12.2. The van der Waals surface area contributed by atoms with Gasteiger partial charge in [-0.25, -0.2) is 0 Å². The Morgan fingerprint density at radius 1 is 1.12 bits per heavy atom. The van der Waals surface area contributed by atoms with Crippen LogP contribution in [0.15, 0.2) is 42.5 Å². The summed E-state index contributed by atoms with van der Waals surface area (Å²) in [5.74, 6) is 0.785. The maximum Gasteiger partial charge on any atom is 0.220 e. The summed E-state index contributed by atoms with van der Waals surface area (Å²) in [6.45, 7) is 4.33. The average molecular weight is 366 g/mol. The number of carbonyl (C=O) groups excluding carboxylic acids is 1. The molecule has 128 valence electrons. The van der Waals surface area contributed by atoms with Crippen molar-refractivity contribution in [3.63, 3.8) is 0 Å². The summed E-state index contributed by atoms with van der Waals surface area (Å²) in [7, 11) is 0. The van der Waals surface area contributed by atoms with Crippen molar-refractivity contribution in [2.75, 3.05) is 6.61 Å². The zero-order chi connectivity index (χ0) is 17.5. The standard InChI is InChI=1S/C19H21Cl2NO2/c1-13-6-3-4-9-18(13)24-12-14(2)22-19(23)11-10-15-16(20)7-5-8-17(15)21/h3-9,14H,10-12H2,1-2H3,(H,22,23)/t14-/m0/s1. The number of benzene rings is 2. The predicted molar refractivity (Wildman–Crippen MR) is 99.1 cm³/mol. The summed E-state index contributed by atoms with van der Waals surface area (Å²) < 4.78 is 5.74. The molecule has 1 N–H and O–H groups in total. The van der Waals surface area contributed by atoms with Crippen molar-refractivity contribution in [3.8, 4) is 5.75 Å². The molecule has 0 saturated carbocycles. The van der Waals surface area contributed by atoms with Crippen LogP contribution < -0.4 is 10.1 Å². The van der Waals surface area contributed by atoms with Gasteiger partial charge < -0.3 is 10.1 Å². The summed E-state index contributed by atoms with van der Waals surface area (Å²) in [5, 5.41) is 4.11. The molecule has 0 fully saturated rings. The first kappa shape index (κ1) is 18.6. The van der Waals surface area contributed by atoms with Crippen LogP contribution in [0.2, 0.25) is 10.0 Å². The monoisotopic (exact) mass is 365 g/mol.